The number of ether oxygens (including phenoxy) is 1. The second-order valence-electron chi connectivity index (χ2n) is 5.99. The van der Waals surface area contributed by atoms with Crippen molar-refractivity contribution in [3.63, 3.8) is 0 Å². The Morgan fingerprint density at radius 1 is 1.07 bits per heavy atom. The number of anilines is 1. The van der Waals surface area contributed by atoms with Gasteiger partial charge >= 0.3 is 0 Å². The lowest BCUT2D eigenvalue weighted by molar-refractivity contribution is 0.0772. The van der Waals surface area contributed by atoms with Crippen LogP contribution in [-0.4, -0.2) is 50.4 Å². The van der Waals surface area contributed by atoms with Gasteiger partial charge in [0.1, 0.15) is 5.75 Å². The third-order valence-corrected chi connectivity index (χ3v) is 6.47. The number of carbonyl (C=O) groups is 1. The zero-order chi connectivity index (χ0) is 19.3. The van der Waals surface area contributed by atoms with Crippen molar-refractivity contribution in [1.82, 2.24) is 4.90 Å². The largest absolute Gasteiger partial charge is 0.494 e. The van der Waals surface area contributed by atoms with Crippen LogP contribution in [0.25, 0.3) is 0 Å². The minimum absolute atomic E-state index is 0.0174. The molecule has 2 aromatic carbocycles. The molecule has 0 aromatic heterocycles. The number of thioether (sulfide) groups is 1. The van der Waals surface area contributed by atoms with E-state index in [1.807, 2.05) is 23.6 Å². The molecule has 1 heterocycles. The van der Waals surface area contributed by atoms with Crippen molar-refractivity contribution >= 4 is 33.4 Å². The summed E-state index contributed by atoms with van der Waals surface area (Å²) in [5.41, 5.74) is 0.973. The fourth-order valence-electron chi connectivity index (χ4n) is 2.73. The lowest BCUT2D eigenvalue weighted by Crippen LogP contribution is -2.37. The van der Waals surface area contributed by atoms with Gasteiger partial charge in [-0.2, -0.15) is 11.8 Å². The van der Waals surface area contributed by atoms with Crippen LogP contribution in [0.1, 0.15) is 17.3 Å². The van der Waals surface area contributed by atoms with E-state index >= 15 is 0 Å². The van der Waals surface area contributed by atoms with Crippen LogP contribution in [-0.2, 0) is 10.0 Å². The van der Waals surface area contributed by atoms with Crippen molar-refractivity contribution in [3.8, 4) is 5.75 Å². The zero-order valence-corrected chi connectivity index (χ0v) is 16.7. The third-order valence-electron chi connectivity index (χ3n) is 4.13. The molecule has 1 aliphatic rings. The van der Waals surface area contributed by atoms with Crippen molar-refractivity contribution in [2.24, 2.45) is 0 Å². The van der Waals surface area contributed by atoms with Gasteiger partial charge in [0.25, 0.3) is 15.9 Å². The lowest BCUT2D eigenvalue weighted by Gasteiger charge is -2.26. The Balaban J connectivity index is 1.68. The van der Waals surface area contributed by atoms with E-state index in [0.29, 0.717) is 23.6 Å². The molecule has 0 radical (unpaired) electrons. The first-order valence-corrected chi connectivity index (χ1v) is 11.4. The standard InChI is InChI=1S/C19H22N2O4S2/c1-2-25-17-7-9-18(10-8-17)27(23,24)20-16-5-3-15(4-6-16)19(22)21-11-13-26-14-12-21/h3-10,20H,2,11-14H2,1H3. The van der Waals surface area contributed by atoms with Gasteiger partial charge < -0.3 is 9.64 Å². The fraction of sp³-hybridized carbons (Fsp3) is 0.316. The second-order valence-corrected chi connectivity index (χ2v) is 8.90. The Kier molecular flexibility index (Phi) is 6.28. The number of nitrogens with one attached hydrogen (secondary N) is 1. The first-order valence-electron chi connectivity index (χ1n) is 8.72. The maximum Gasteiger partial charge on any atom is 0.261 e. The topological polar surface area (TPSA) is 75.7 Å². The van der Waals surface area contributed by atoms with Crippen LogP contribution >= 0.6 is 11.8 Å². The van der Waals surface area contributed by atoms with Crippen LogP contribution in [0, 0.1) is 0 Å². The van der Waals surface area contributed by atoms with E-state index in [2.05, 4.69) is 4.72 Å². The number of sulfonamides is 1. The normalized spacial score (nSPS) is 14.6. The predicted molar refractivity (Wildman–Crippen MR) is 108 cm³/mol. The molecule has 1 N–H and O–H groups in total. The van der Waals surface area contributed by atoms with E-state index in [-0.39, 0.29) is 10.8 Å². The van der Waals surface area contributed by atoms with Crippen LogP contribution in [0.15, 0.2) is 53.4 Å². The molecule has 0 unspecified atom stereocenters. The van der Waals surface area contributed by atoms with E-state index < -0.39 is 10.0 Å². The molecule has 1 fully saturated rings. The number of rotatable bonds is 6. The maximum atomic E-state index is 12.5. The van der Waals surface area contributed by atoms with Gasteiger partial charge in [0.2, 0.25) is 0 Å². The zero-order valence-electron chi connectivity index (χ0n) is 15.1. The Morgan fingerprint density at radius 3 is 2.30 bits per heavy atom. The molecule has 1 aliphatic heterocycles. The Hall–Kier alpha value is -2.19. The summed E-state index contributed by atoms with van der Waals surface area (Å²) in [7, 11) is -3.70. The van der Waals surface area contributed by atoms with Gasteiger partial charge in [-0.1, -0.05) is 0 Å². The number of hydrogen-bond donors (Lipinski definition) is 1. The number of benzene rings is 2. The molecule has 0 bridgehead atoms. The fourth-order valence-corrected chi connectivity index (χ4v) is 4.69. The number of carbonyl (C=O) groups excluding carboxylic acids is 1. The van der Waals surface area contributed by atoms with Crippen LogP contribution in [0.5, 0.6) is 5.75 Å². The Labute approximate surface area is 164 Å². The van der Waals surface area contributed by atoms with E-state index in [9.17, 15) is 13.2 Å². The van der Waals surface area contributed by atoms with Crippen LogP contribution in [0.2, 0.25) is 0 Å². The van der Waals surface area contributed by atoms with Gasteiger partial charge in [0.15, 0.2) is 0 Å². The van der Waals surface area contributed by atoms with Gasteiger partial charge in [-0.15, -0.1) is 0 Å². The van der Waals surface area contributed by atoms with Crippen molar-refractivity contribution in [1.29, 1.82) is 0 Å². The number of hydrogen-bond acceptors (Lipinski definition) is 5. The summed E-state index contributed by atoms with van der Waals surface area (Å²) in [6, 6.07) is 12.8. The predicted octanol–water partition coefficient (Wildman–Crippen LogP) is 3.08. The van der Waals surface area contributed by atoms with Gasteiger partial charge in [-0.25, -0.2) is 8.42 Å². The lowest BCUT2D eigenvalue weighted by atomic mass is 10.2. The third kappa shape index (κ3) is 4.95. The monoisotopic (exact) mass is 406 g/mol. The van der Waals surface area contributed by atoms with Gasteiger partial charge in [0, 0.05) is 35.8 Å². The maximum absolute atomic E-state index is 12.5. The molecule has 0 spiro atoms. The van der Waals surface area contributed by atoms with E-state index in [4.69, 9.17) is 4.74 Å². The highest BCUT2D eigenvalue weighted by molar-refractivity contribution is 7.99. The van der Waals surface area contributed by atoms with E-state index in [1.54, 1.807) is 36.4 Å². The van der Waals surface area contributed by atoms with E-state index in [0.717, 1.165) is 24.6 Å². The summed E-state index contributed by atoms with van der Waals surface area (Å²) < 4.78 is 32.9. The molecule has 0 saturated carbocycles. The quantitative estimate of drug-likeness (QED) is 0.798. The van der Waals surface area contributed by atoms with Crippen molar-refractivity contribution in [2.45, 2.75) is 11.8 Å². The SMILES string of the molecule is CCOc1ccc(S(=O)(=O)Nc2ccc(C(=O)N3CCSCC3)cc2)cc1. The summed E-state index contributed by atoms with van der Waals surface area (Å²) in [6.07, 6.45) is 0. The van der Waals surface area contributed by atoms with E-state index in [1.165, 1.54) is 12.1 Å². The van der Waals surface area contributed by atoms with Gasteiger partial charge in [-0.3, -0.25) is 9.52 Å². The molecule has 1 saturated heterocycles. The molecule has 27 heavy (non-hydrogen) atoms. The highest BCUT2D eigenvalue weighted by Crippen LogP contribution is 2.20. The van der Waals surface area contributed by atoms with Crippen molar-refractivity contribution < 1.29 is 17.9 Å². The number of amides is 1. The first-order chi connectivity index (χ1) is 13.0. The minimum Gasteiger partial charge on any atom is -0.494 e. The van der Waals surface area contributed by atoms with Gasteiger partial charge in [0.05, 0.1) is 11.5 Å². The summed E-state index contributed by atoms with van der Waals surface area (Å²) in [5, 5.41) is 0. The van der Waals surface area contributed by atoms with Gasteiger partial charge in [-0.05, 0) is 55.5 Å². The summed E-state index contributed by atoms with van der Waals surface area (Å²) in [5.74, 6) is 2.50. The molecule has 0 aliphatic carbocycles. The average Bonchev–Trinajstić information content (AvgIpc) is 2.69. The van der Waals surface area contributed by atoms with Crippen LogP contribution < -0.4 is 9.46 Å². The highest BCUT2D eigenvalue weighted by Gasteiger charge is 2.19. The second kappa shape index (κ2) is 8.67. The van der Waals surface area contributed by atoms with Crippen molar-refractivity contribution in [3.05, 3.63) is 54.1 Å². The highest BCUT2D eigenvalue weighted by atomic mass is 32.2. The molecular formula is C19H22N2O4S2. The Bertz CT molecular complexity index is 875. The minimum atomic E-state index is -3.70. The number of nitrogens with zero attached hydrogens (tertiary/aromatic N) is 1. The van der Waals surface area contributed by atoms with Crippen molar-refractivity contribution in [2.75, 3.05) is 35.9 Å². The molecule has 144 valence electrons. The molecule has 6 nitrogen and oxygen atoms in total. The Morgan fingerprint density at radius 2 is 1.70 bits per heavy atom. The molecular weight excluding hydrogens is 384 g/mol. The smallest absolute Gasteiger partial charge is 0.261 e. The summed E-state index contributed by atoms with van der Waals surface area (Å²) in [4.78, 5) is 14.4. The average molecular weight is 407 g/mol. The van der Waals surface area contributed by atoms with Crippen LogP contribution in [0.3, 0.4) is 0 Å². The molecule has 3 rings (SSSR count). The van der Waals surface area contributed by atoms with Crippen LogP contribution in [0.4, 0.5) is 5.69 Å². The molecule has 8 heteroatoms. The molecule has 0 atom stereocenters. The first kappa shape index (κ1) is 19.6. The molecule has 1 amide bonds. The summed E-state index contributed by atoms with van der Waals surface area (Å²) in [6.45, 7) is 3.88. The summed E-state index contributed by atoms with van der Waals surface area (Å²) >= 11 is 1.84. The molecule has 2 aromatic rings.